The molecule has 3 nitrogen and oxygen atoms in total. The lowest BCUT2D eigenvalue weighted by molar-refractivity contribution is -0.143. The van der Waals surface area contributed by atoms with Crippen LogP contribution in [0.1, 0.15) is 57.9 Å². The predicted octanol–water partition coefficient (Wildman–Crippen LogP) is 5.07. The van der Waals surface area contributed by atoms with Gasteiger partial charge >= 0.3 is 5.97 Å². The van der Waals surface area contributed by atoms with Gasteiger partial charge < -0.3 is 9.47 Å². The van der Waals surface area contributed by atoms with Crippen molar-refractivity contribution in [1.82, 2.24) is 0 Å². The molecule has 21 heavy (non-hydrogen) atoms. The molecule has 0 spiro atoms. The molecular weight excluding hydrogens is 332 g/mol. The van der Waals surface area contributed by atoms with Crippen LogP contribution in [0.2, 0.25) is 0 Å². The number of rotatable bonds is 9. The van der Waals surface area contributed by atoms with Gasteiger partial charge in [-0.05, 0) is 55.9 Å². The number of benzene rings is 1. The van der Waals surface area contributed by atoms with E-state index >= 15 is 0 Å². The van der Waals surface area contributed by atoms with E-state index in [9.17, 15) is 4.79 Å². The highest BCUT2D eigenvalue weighted by molar-refractivity contribution is 9.10. The zero-order chi connectivity index (χ0) is 15.7. The van der Waals surface area contributed by atoms with Crippen LogP contribution >= 0.6 is 15.9 Å². The van der Waals surface area contributed by atoms with E-state index in [1.165, 1.54) is 5.56 Å². The molecule has 0 aliphatic rings. The van der Waals surface area contributed by atoms with E-state index in [1.54, 1.807) is 0 Å². The summed E-state index contributed by atoms with van der Waals surface area (Å²) in [6.07, 6.45) is 3.29. The molecule has 4 heteroatoms. The first-order chi connectivity index (χ1) is 10.0. The molecule has 0 saturated carbocycles. The fraction of sp³-hybridized carbons (Fsp3) is 0.588. The average Bonchev–Trinajstić information content (AvgIpc) is 2.44. The summed E-state index contributed by atoms with van der Waals surface area (Å²) in [5, 5.41) is 0. The lowest BCUT2D eigenvalue weighted by Crippen LogP contribution is -2.04. The van der Waals surface area contributed by atoms with Crippen LogP contribution in [0.5, 0.6) is 5.75 Å². The van der Waals surface area contributed by atoms with Crippen LogP contribution in [0.3, 0.4) is 0 Å². The normalized spacial score (nSPS) is 10.7. The van der Waals surface area contributed by atoms with Gasteiger partial charge in [-0.2, -0.15) is 0 Å². The third-order valence-electron chi connectivity index (χ3n) is 3.18. The molecule has 0 atom stereocenters. The molecule has 0 N–H and O–H groups in total. The Balaban J connectivity index is 2.28. The summed E-state index contributed by atoms with van der Waals surface area (Å²) in [7, 11) is 0. The third-order valence-corrected chi connectivity index (χ3v) is 3.68. The molecule has 0 radical (unpaired) electrons. The van der Waals surface area contributed by atoms with Crippen LogP contribution in [-0.4, -0.2) is 19.2 Å². The highest BCUT2D eigenvalue weighted by atomic mass is 79.9. The molecule has 1 aromatic rings. The quantitative estimate of drug-likeness (QED) is 0.457. The maximum atomic E-state index is 11.2. The van der Waals surface area contributed by atoms with Crippen molar-refractivity contribution in [3.05, 3.63) is 28.2 Å². The van der Waals surface area contributed by atoms with Crippen molar-refractivity contribution in [3.8, 4) is 5.75 Å². The van der Waals surface area contributed by atoms with Gasteiger partial charge in [0.2, 0.25) is 0 Å². The monoisotopic (exact) mass is 356 g/mol. The van der Waals surface area contributed by atoms with Crippen molar-refractivity contribution in [2.45, 2.75) is 52.4 Å². The number of ether oxygens (including phenoxy) is 2. The Bertz CT molecular complexity index is 444. The molecule has 0 unspecified atom stereocenters. The molecule has 118 valence electrons. The van der Waals surface area contributed by atoms with E-state index in [4.69, 9.17) is 9.47 Å². The van der Waals surface area contributed by atoms with E-state index < -0.39 is 0 Å². The van der Waals surface area contributed by atoms with Crippen molar-refractivity contribution in [2.24, 2.45) is 0 Å². The summed E-state index contributed by atoms with van der Waals surface area (Å²) < 4.78 is 11.8. The summed E-state index contributed by atoms with van der Waals surface area (Å²) in [6.45, 7) is 7.30. The first-order valence-electron chi connectivity index (χ1n) is 7.62. The van der Waals surface area contributed by atoms with Crippen molar-refractivity contribution >= 4 is 21.9 Å². The number of esters is 1. The third kappa shape index (κ3) is 6.98. The van der Waals surface area contributed by atoms with Crippen LogP contribution < -0.4 is 4.74 Å². The minimum atomic E-state index is -0.103. The Hall–Kier alpha value is -1.03. The number of unbranched alkanes of at least 4 members (excludes halogenated alkanes) is 2. The highest BCUT2D eigenvalue weighted by Crippen LogP contribution is 2.29. The predicted molar refractivity (Wildman–Crippen MR) is 88.8 cm³/mol. The number of carbonyl (C=O) groups excluding carboxylic acids is 1. The maximum Gasteiger partial charge on any atom is 0.305 e. The molecule has 1 aromatic carbocycles. The van der Waals surface area contributed by atoms with Crippen molar-refractivity contribution in [1.29, 1.82) is 0 Å². The van der Waals surface area contributed by atoms with Gasteiger partial charge in [0.25, 0.3) is 0 Å². The van der Waals surface area contributed by atoms with Crippen LogP contribution in [0.25, 0.3) is 0 Å². The molecule has 0 saturated heterocycles. The van der Waals surface area contributed by atoms with E-state index in [0.29, 0.717) is 25.6 Å². The molecule has 0 aliphatic heterocycles. The number of hydrogen-bond acceptors (Lipinski definition) is 3. The highest BCUT2D eigenvalue weighted by Gasteiger charge is 2.08. The van der Waals surface area contributed by atoms with Crippen LogP contribution in [-0.2, 0) is 9.53 Å². The maximum absolute atomic E-state index is 11.2. The minimum absolute atomic E-state index is 0.103. The molecule has 0 fully saturated rings. The largest absolute Gasteiger partial charge is 0.493 e. The van der Waals surface area contributed by atoms with Crippen LogP contribution in [0, 0.1) is 0 Å². The topological polar surface area (TPSA) is 35.5 Å². The first-order valence-corrected chi connectivity index (χ1v) is 8.41. The summed E-state index contributed by atoms with van der Waals surface area (Å²) >= 11 is 3.49. The second kappa shape index (κ2) is 9.82. The van der Waals surface area contributed by atoms with E-state index in [2.05, 4.69) is 35.8 Å². The molecule has 0 amide bonds. The molecule has 0 aromatic heterocycles. The van der Waals surface area contributed by atoms with Gasteiger partial charge in [-0.15, -0.1) is 0 Å². The Morgan fingerprint density at radius 2 is 2.00 bits per heavy atom. The summed E-state index contributed by atoms with van der Waals surface area (Å²) in [4.78, 5) is 11.2. The van der Waals surface area contributed by atoms with Gasteiger partial charge in [0.1, 0.15) is 5.75 Å². The summed E-state index contributed by atoms with van der Waals surface area (Å²) in [6, 6.07) is 6.13. The average molecular weight is 357 g/mol. The second-order valence-corrected chi connectivity index (χ2v) is 6.22. The Labute approximate surface area is 136 Å². The molecule has 0 bridgehead atoms. The van der Waals surface area contributed by atoms with Crippen molar-refractivity contribution < 1.29 is 14.3 Å². The van der Waals surface area contributed by atoms with Gasteiger partial charge in [-0.1, -0.05) is 29.8 Å². The Morgan fingerprint density at radius 3 is 2.67 bits per heavy atom. The SMILES string of the molecule is CCOC(=O)CCCCCOc1ccc(Br)cc1C(C)C. The van der Waals surface area contributed by atoms with Crippen LogP contribution in [0.15, 0.2) is 22.7 Å². The van der Waals surface area contributed by atoms with Gasteiger partial charge in [0.05, 0.1) is 13.2 Å². The Kier molecular flexibility index (Phi) is 8.43. The Morgan fingerprint density at radius 1 is 1.24 bits per heavy atom. The van der Waals surface area contributed by atoms with E-state index in [-0.39, 0.29) is 5.97 Å². The van der Waals surface area contributed by atoms with Crippen molar-refractivity contribution in [3.63, 3.8) is 0 Å². The lowest BCUT2D eigenvalue weighted by atomic mass is 10.0. The number of carbonyl (C=O) groups is 1. The van der Waals surface area contributed by atoms with E-state index in [1.807, 2.05) is 19.1 Å². The number of hydrogen-bond donors (Lipinski definition) is 0. The molecule has 1 rings (SSSR count). The fourth-order valence-corrected chi connectivity index (χ4v) is 2.44. The smallest absolute Gasteiger partial charge is 0.305 e. The zero-order valence-electron chi connectivity index (χ0n) is 13.2. The summed E-state index contributed by atoms with van der Waals surface area (Å²) in [5.41, 5.74) is 1.22. The molecule has 0 aliphatic carbocycles. The van der Waals surface area contributed by atoms with Crippen molar-refractivity contribution in [2.75, 3.05) is 13.2 Å². The van der Waals surface area contributed by atoms with E-state index in [0.717, 1.165) is 29.5 Å². The standard InChI is InChI=1S/C17H25BrO3/c1-4-20-17(19)8-6-5-7-11-21-16-10-9-14(18)12-15(16)13(2)3/h9-10,12-13H,4-8,11H2,1-3H3. The van der Waals surface area contributed by atoms with Gasteiger partial charge in [-0.3, -0.25) is 4.79 Å². The minimum Gasteiger partial charge on any atom is -0.493 e. The number of halogens is 1. The van der Waals surface area contributed by atoms with Gasteiger partial charge in [0.15, 0.2) is 0 Å². The lowest BCUT2D eigenvalue weighted by Gasteiger charge is -2.14. The zero-order valence-corrected chi connectivity index (χ0v) is 14.7. The first kappa shape index (κ1) is 18.0. The molecule has 0 heterocycles. The summed E-state index contributed by atoms with van der Waals surface area (Å²) in [5.74, 6) is 1.29. The molecular formula is C17H25BrO3. The van der Waals surface area contributed by atoms with Gasteiger partial charge in [0, 0.05) is 10.9 Å². The fourth-order valence-electron chi connectivity index (χ4n) is 2.07. The second-order valence-electron chi connectivity index (χ2n) is 5.30. The van der Waals surface area contributed by atoms with Crippen LogP contribution in [0.4, 0.5) is 0 Å². The van der Waals surface area contributed by atoms with Gasteiger partial charge in [-0.25, -0.2) is 0 Å².